The van der Waals surface area contributed by atoms with E-state index in [2.05, 4.69) is 20.0 Å². The van der Waals surface area contributed by atoms with Gasteiger partial charge < -0.3 is 4.42 Å². The lowest BCUT2D eigenvalue weighted by Gasteiger charge is -2.06. The first-order valence-corrected chi connectivity index (χ1v) is 6.53. The summed E-state index contributed by atoms with van der Waals surface area (Å²) in [5, 5.41) is 6.95. The molecule has 2 heterocycles. The minimum absolute atomic E-state index is 0.0225. The van der Waals surface area contributed by atoms with Crippen molar-refractivity contribution < 1.29 is 12.8 Å². The van der Waals surface area contributed by atoms with E-state index in [1.165, 1.54) is 30.9 Å². The van der Waals surface area contributed by atoms with Crippen molar-refractivity contribution in [3.8, 4) is 0 Å². The first kappa shape index (κ1) is 11.5. The number of fused-ring (bicyclic) bond motifs is 1. The number of hydrogen-bond acceptors (Lipinski definition) is 6. The zero-order valence-corrected chi connectivity index (χ0v) is 10.1. The van der Waals surface area contributed by atoms with E-state index in [0.29, 0.717) is 5.52 Å². The maximum Gasteiger partial charge on any atom is 0.417 e. The van der Waals surface area contributed by atoms with Gasteiger partial charge in [0.2, 0.25) is 0 Å². The Morgan fingerprint density at radius 2 is 2.00 bits per heavy atom. The SMILES string of the molecule is O=c1[nH]c2cc(S(=O)(=O)Nn3cnnc3)ccc2o1. The fraction of sp³-hybridized carbons (Fsp3) is 0. The smallest absolute Gasteiger partial charge is 0.408 e. The minimum Gasteiger partial charge on any atom is -0.408 e. The normalized spacial score (nSPS) is 11.8. The van der Waals surface area contributed by atoms with E-state index in [1.54, 1.807) is 0 Å². The molecule has 10 heteroatoms. The summed E-state index contributed by atoms with van der Waals surface area (Å²) in [7, 11) is -3.80. The number of benzene rings is 1. The zero-order chi connectivity index (χ0) is 13.5. The van der Waals surface area contributed by atoms with Crippen LogP contribution in [0.5, 0.6) is 0 Å². The van der Waals surface area contributed by atoms with Gasteiger partial charge in [0.05, 0.1) is 10.4 Å². The third-order valence-electron chi connectivity index (χ3n) is 2.35. The molecular weight excluding hydrogens is 274 g/mol. The molecule has 0 aliphatic carbocycles. The summed E-state index contributed by atoms with van der Waals surface area (Å²) in [6, 6.07) is 4.02. The second-order valence-electron chi connectivity index (χ2n) is 3.64. The van der Waals surface area contributed by atoms with E-state index < -0.39 is 15.8 Å². The Morgan fingerprint density at radius 3 is 2.74 bits per heavy atom. The van der Waals surface area contributed by atoms with E-state index in [4.69, 9.17) is 4.42 Å². The molecular formula is C9H7N5O4S. The molecule has 0 saturated heterocycles. The minimum atomic E-state index is -3.80. The van der Waals surface area contributed by atoms with Crippen molar-refractivity contribution in [3.63, 3.8) is 0 Å². The summed E-state index contributed by atoms with van der Waals surface area (Å²) >= 11 is 0. The molecule has 0 unspecified atom stereocenters. The topological polar surface area (TPSA) is 123 Å². The summed E-state index contributed by atoms with van der Waals surface area (Å²) in [5.41, 5.74) is 0.588. The first-order chi connectivity index (χ1) is 9.04. The molecule has 2 aromatic heterocycles. The second-order valence-corrected chi connectivity index (χ2v) is 5.30. The molecule has 0 radical (unpaired) electrons. The van der Waals surface area contributed by atoms with Crippen LogP contribution in [0.1, 0.15) is 0 Å². The molecule has 0 aliphatic rings. The Balaban J connectivity index is 2.05. The quantitative estimate of drug-likeness (QED) is 0.676. The first-order valence-electron chi connectivity index (χ1n) is 5.05. The van der Waals surface area contributed by atoms with Crippen LogP contribution in [0.2, 0.25) is 0 Å². The van der Waals surface area contributed by atoms with Crippen LogP contribution in [0, 0.1) is 0 Å². The fourth-order valence-electron chi connectivity index (χ4n) is 1.54. The zero-order valence-electron chi connectivity index (χ0n) is 9.27. The maximum absolute atomic E-state index is 12.0. The number of nitrogens with zero attached hydrogens (tertiary/aromatic N) is 3. The van der Waals surface area contributed by atoms with Crippen molar-refractivity contribution in [1.82, 2.24) is 19.9 Å². The molecule has 9 nitrogen and oxygen atoms in total. The lowest BCUT2D eigenvalue weighted by Crippen LogP contribution is -2.21. The Morgan fingerprint density at radius 1 is 1.26 bits per heavy atom. The summed E-state index contributed by atoms with van der Waals surface area (Å²) in [6.45, 7) is 0. The number of H-pyrrole nitrogens is 1. The number of hydrogen-bond donors (Lipinski definition) is 2. The number of nitrogens with one attached hydrogen (secondary N) is 2. The van der Waals surface area contributed by atoms with Crippen molar-refractivity contribution in [2.75, 3.05) is 4.83 Å². The van der Waals surface area contributed by atoms with Crippen LogP contribution in [-0.2, 0) is 10.0 Å². The van der Waals surface area contributed by atoms with Crippen molar-refractivity contribution in [1.29, 1.82) is 0 Å². The van der Waals surface area contributed by atoms with Gasteiger partial charge in [0.1, 0.15) is 12.7 Å². The molecule has 0 fully saturated rings. The average molecular weight is 281 g/mol. The third-order valence-corrected chi connectivity index (χ3v) is 3.67. The van der Waals surface area contributed by atoms with Gasteiger partial charge in [-0.05, 0) is 18.2 Å². The van der Waals surface area contributed by atoms with Gasteiger partial charge in [0, 0.05) is 0 Å². The van der Waals surface area contributed by atoms with Gasteiger partial charge in [0.25, 0.3) is 10.0 Å². The van der Waals surface area contributed by atoms with Gasteiger partial charge in [-0.1, -0.05) is 0 Å². The van der Waals surface area contributed by atoms with Crippen LogP contribution in [0.15, 0.2) is 45.0 Å². The van der Waals surface area contributed by atoms with Gasteiger partial charge in [-0.3, -0.25) is 4.98 Å². The van der Waals surface area contributed by atoms with Crippen LogP contribution in [0.25, 0.3) is 11.1 Å². The Kier molecular flexibility index (Phi) is 2.38. The van der Waals surface area contributed by atoms with Crippen molar-refractivity contribution in [3.05, 3.63) is 41.4 Å². The highest BCUT2D eigenvalue weighted by atomic mass is 32.2. The second kappa shape index (κ2) is 3.95. The number of oxazole rings is 1. The van der Waals surface area contributed by atoms with Crippen LogP contribution in [0.3, 0.4) is 0 Å². The third kappa shape index (κ3) is 2.08. The predicted octanol–water partition coefficient (Wildman–Crippen LogP) is -0.355. The van der Waals surface area contributed by atoms with Crippen LogP contribution < -0.4 is 10.6 Å². The van der Waals surface area contributed by atoms with Crippen LogP contribution >= 0.6 is 0 Å². The van der Waals surface area contributed by atoms with E-state index in [9.17, 15) is 13.2 Å². The van der Waals surface area contributed by atoms with Gasteiger partial charge in [0.15, 0.2) is 5.58 Å². The molecule has 3 rings (SSSR count). The lowest BCUT2D eigenvalue weighted by molar-refractivity contribution is 0.555. The Hall–Kier alpha value is -2.62. The van der Waals surface area contributed by atoms with Gasteiger partial charge in [-0.2, -0.15) is 8.42 Å². The molecule has 0 amide bonds. The lowest BCUT2D eigenvalue weighted by atomic mass is 10.3. The molecule has 19 heavy (non-hydrogen) atoms. The van der Waals surface area contributed by atoms with Crippen molar-refractivity contribution in [2.24, 2.45) is 0 Å². The van der Waals surface area contributed by atoms with Crippen LogP contribution in [-0.4, -0.2) is 28.3 Å². The molecule has 0 aliphatic heterocycles. The van der Waals surface area contributed by atoms with E-state index in [1.807, 2.05) is 0 Å². The van der Waals surface area contributed by atoms with E-state index in [-0.39, 0.29) is 10.5 Å². The van der Waals surface area contributed by atoms with Gasteiger partial charge in [-0.15, -0.1) is 10.2 Å². The molecule has 0 saturated carbocycles. The molecule has 98 valence electrons. The molecule has 1 aromatic carbocycles. The summed E-state index contributed by atoms with van der Waals surface area (Å²) < 4.78 is 30.0. The Labute approximate surface area is 105 Å². The van der Waals surface area contributed by atoms with E-state index in [0.717, 1.165) is 4.68 Å². The molecule has 0 bridgehead atoms. The summed E-state index contributed by atoms with van der Waals surface area (Å²) in [4.78, 5) is 15.6. The highest BCUT2D eigenvalue weighted by molar-refractivity contribution is 7.92. The average Bonchev–Trinajstić information content (AvgIpc) is 2.95. The number of aromatic amines is 1. The van der Waals surface area contributed by atoms with Gasteiger partial charge >= 0.3 is 5.76 Å². The summed E-state index contributed by atoms with van der Waals surface area (Å²) in [5.74, 6) is -0.642. The molecule has 3 aromatic rings. The monoisotopic (exact) mass is 281 g/mol. The highest BCUT2D eigenvalue weighted by Crippen LogP contribution is 2.16. The molecule has 2 N–H and O–H groups in total. The van der Waals surface area contributed by atoms with Gasteiger partial charge in [-0.25, -0.2) is 14.3 Å². The maximum atomic E-state index is 12.0. The van der Waals surface area contributed by atoms with E-state index >= 15 is 0 Å². The summed E-state index contributed by atoms with van der Waals surface area (Å²) in [6.07, 6.45) is 2.41. The molecule has 0 atom stereocenters. The van der Waals surface area contributed by atoms with Crippen LogP contribution in [0.4, 0.5) is 0 Å². The fourth-order valence-corrected chi connectivity index (χ4v) is 2.54. The van der Waals surface area contributed by atoms with Crippen molar-refractivity contribution >= 4 is 21.1 Å². The largest absolute Gasteiger partial charge is 0.417 e. The number of rotatable bonds is 3. The standard InChI is InChI=1S/C9H7N5O4S/c15-9-12-7-3-6(1-2-8(7)18-9)19(16,17)13-14-4-10-11-5-14/h1-5,13H,(H,12,15). The highest BCUT2D eigenvalue weighted by Gasteiger charge is 2.16. The van der Waals surface area contributed by atoms with Crippen molar-refractivity contribution in [2.45, 2.75) is 4.90 Å². The number of aromatic nitrogens is 4. The Bertz CT molecular complexity index is 877. The molecule has 0 spiro atoms. The number of sulfonamides is 1. The predicted molar refractivity (Wildman–Crippen MR) is 63.4 cm³/mol.